The Balaban J connectivity index is 2.79. The summed E-state index contributed by atoms with van der Waals surface area (Å²) in [6.45, 7) is 5.14. The number of alkyl halides is 1. The molecule has 0 bridgehead atoms. The Morgan fingerprint density at radius 1 is 1.41 bits per heavy atom. The zero-order valence-corrected chi connectivity index (χ0v) is 13.1. The summed E-state index contributed by atoms with van der Waals surface area (Å²) in [5.41, 5.74) is 1.23. The molecule has 0 atom stereocenters. The zero-order valence-electron chi connectivity index (χ0n) is 10.8. The van der Waals surface area contributed by atoms with Crippen LogP contribution in [0, 0.1) is 0 Å². The van der Waals surface area contributed by atoms with Gasteiger partial charge in [-0.05, 0) is 54.5 Å². The van der Waals surface area contributed by atoms with E-state index in [2.05, 4.69) is 53.9 Å². The first-order valence-corrected chi connectivity index (χ1v) is 6.83. The Morgan fingerprint density at radius 3 is 2.53 bits per heavy atom. The van der Waals surface area contributed by atoms with Crippen LogP contribution < -0.4 is 4.74 Å². The van der Waals surface area contributed by atoms with Crippen LogP contribution in [0.3, 0.4) is 0 Å². The van der Waals surface area contributed by atoms with Crippen molar-refractivity contribution in [2.24, 2.45) is 0 Å². The van der Waals surface area contributed by atoms with Crippen LogP contribution in [0.2, 0.25) is 0 Å². The molecule has 2 nitrogen and oxygen atoms in total. The average Bonchev–Trinajstić information content (AvgIpc) is 2.29. The van der Waals surface area contributed by atoms with E-state index in [0.29, 0.717) is 5.88 Å². The summed E-state index contributed by atoms with van der Waals surface area (Å²) < 4.78 is 6.19. The van der Waals surface area contributed by atoms with Crippen molar-refractivity contribution in [3.63, 3.8) is 0 Å². The molecule has 0 saturated heterocycles. The van der Waals surface area contributed by atoms with Crippen molar-refractivity contribution in [3.8, 4) is 5.75 Å². The highest BCUT2D eigenvalue weighted by molar-refractivity contribution is 9.10. The van der Waals surface area contributed by atoms with E-state index in [9.17, 15) is 0 Å². The van der Waals surface area contributed by atoms with E-state index in [1.165, 1.54) is 5.56 Å². The molecule has 1 aromatic rings. The molecule has 0 unspecified atom stereocenters. The molecule has 0 N–H and O–H groups in total. The number of hydrogen-bond acceptors (Lipinski definition) is 2. The molecule has 0 radical (unpaired) electrons. The number of methoxy groups -OCH3 is 1. The molecular weight excluding hydrogens is 302 g/mol. The Kier molecular flexibility index (Phi) is 5.29. The van der Waals surface area contributed by atoms with Gasteiger partial charge in [0, 0.05) is 18.0 Å². The molecule has 0 heterocycles. The van der Waals surface area contributed by atoms with Gasteiger partial charge in [0.05, 0.1) is 11.6 Å². The third-order valence-electron chi connectivity index (χ3n) is 3.00. The topological polar surface area (TPSA) is 12.5 Å². The summed E-state index contributed by atoms with van der Waals surface area (Å²) in [5.74, 6) is 1.47. The van der Waals surface area contributed by atoms with Crippen molar-refractivity contribution in [2.75, 3.05) is 20.0 Å². The molecule has 4 heteroatoms. The number of ether oxygens (including phenoxy) is 1. The quantitative estimate of drug-likeness (QED) is 0.763. The minimum absolute atomic E-state index is 0.00599. The number of benzene rings is 1. The van der Waals surface area contributed by atoms with Crippen LogP contribution in [-0.2, 0) is 6.54 Å². The highest BCUT2D eigenvalue weighted by Crippen LogP contribution is 2.27. The SMILES string of the molecule is COc1ccc(CN(C)C(C)(C)CCl)cc1Br. The Labute approximate surface area is 117 Å². The summed E-state index contributed by atoms with van der Waals surface area (Å²) in [6, 6.07) is 6.13. The number of hydrogen-bond donors (Lipinski definition) is 0. The van der Waals surface area contributed by atoms with Crippen molar-refractivity contribution < 1.29 is 4.74 Å². The molecule has 0 aliphatic carbocycles. The van der Waals surface area contributed by atoms with Gasteiger partial charge in [0.15, 0.2) is 0 Å². The third kappa shape index (κ3) is 3.87. The molecule has 0 fully saturated rings. The lowest BCUT2D eigenvalue weighted by Gasteiger charge is -2.33. The van der Waals surface area contributed by atoms with E-state index >= 15 is 0 Å². The van der Waals surface area contributed by atoms with Gasteiger partial charge in [-0.15, -0.1) is 11.6 Å². The van der Waals surface area contributed by atoms with Crippen LogP contribution >= 0.6 is 27.5 Å². The number of nitrogens with zero attached hydrogens (tertiary/aromatic N) is 1. The predicted molar refractivity (Wildman–Crippen MR) is 77.0 cm³/mol. The van der Waals surface area contributed by atoms with Crippen LogP contribution in [0.25, 0.3) is 0 Å². The van der Waals surface area contributed by atoms with Gasteiger partial charge in [-0.1, -0.05) is 6.07 Å². The van der Waals surface area contributed by atoms with E-state index in [1.54, 1.807) is 7.11 Å². The highest BCUT2D eigenvalue weighted by Gasteiger charge is 2.22. The monoisotopic (exact) mass is 319 g/mol. The van der Waals surface area contributed by atoms with Gasteiger partial charge in [0.1, 0.15) is 5.75 Å². The molecule has 0 amide bonds. The molecule has 0 aliphatic rings. The molecule has 17 heavy (non-hydrogen) atoms. The molecule has 1 rings (SSSR count). The van der Waals surface area contributed by atoms with Gasteiger partial charge >= 0.3 is 0 Å². The first-order valence-electron chi connectivity index (χ1n) is 5.50. The molecule has 96 valence electrons. The van der Waals surface area contributed by atoms with Gasteiger partial charge in [-0.3, -0.25) is 4.90 Å². The third-order valence-corrected chi connectivity index (χ3v) is 4.27. The summed E-state index contributed by atoms with van der Waals surface area (Å²) >= 11 is 9.46. The van der Waals surface area contributed by atoms with Gasteiger partial charge in [-0.25, -0.2) is 0 Å². The summed E-state index contributed by atoms with van der Waals surface area (Å²) in [7, 11) is 3.75. The minimum Gasteiger partial charge on any atom is -0.496 e. The lowest BCUT2D eigenvalue weighted by Crippen LogP contribution is -2.42. The lowest BCUT2D eigenvalue weighted by molar-refractivity contribution is 0.170. The second-order valence-corrected chi connectivity index (χ2v) is 5.89. The Hall–Kier alpha value is -0.250. The fourth-order valence-electron chi connectivity index (χ4n) is 1.40. The smallest absolute Gasteiger partial charge is 0.133 e. The van der Waals surface area contributed by atoms with E-state index in [4.69, 9.17) is 16.3 Å². The predicted octanol–water partition coefficient (Wildman–Crippen LogP) is 3.91. The van der Waals surface area contributed by atoms with Crippen LogP contribution in [0.4, 0.5) is 0 Å². The van der Waals surface area contributed by atoms with Crippen LogP contribution in [0.1, 0.15) is 19.4 Å². The van der Waals surface area contributed by atoms with Crippen molar-refractivity contribution in [1.82, 2.24) is 4.90 Å². The first-order chi connectivity index (χ1) is 7.90. The van der Waals surface area contributed by atoms with Gasteiger partial charge in [0.2, 0.25) is 0 Å². The maximum atomic E-state index is 5.96. The zero-order chi connectivity index (χ0) is 13.1. The Bertz CT molecular complexity index is 382. The normalized spacial score (nSPS) is 11.9. The van der Waals surface area contributed by atoms with Crippen molar-refractivity contribution in [3.05, 3.63) is 28.2 Å². The molecule has 0 aromatic heterocycles. The molecular formula is C13H19BrClNO. The lowest BCUT2D eigenvalue weighted by atomic mass is 10.1. The largest absolute Gasteiger partial charge is 0.496 e. The number of halogens is 2. The molecule has 0 saturated carbocycles. The fourth-order valence-corrected chi connectivity index (χ4v) is 2.19. The average molecular weight is 321 g/mol. The number of rotatable bonds is 5. The van der Waals surface area contributed by atoms with Crippen molar-refractivity contribution in [2.45, 2.75) is 25.9 Å². The summed E-state index contributed by atoms with van der Waals surface area (Å²) in [4.78, 5) is 2.24. The summed E-state index contributed by atoms with van der Waals surface area (Å²) in [5, 5.41) is 0. The maximum Gasteiger partial charge on any atom is 0.133 e. The van der Waals surface area contributed by atoms with Crippen LogP contribution in [-0.4, -0.2) is 30.5 Å². The first kappa shape index (κ1) is 14.8. The molecule has 0 spiro atoms. The van der Waals surface area contributed by atoms with Crippen molar-refractivity contribution >= 4 is 27.5 Å². The molecule has 1 aromatic carbocycles. The van der Waals surface area contributed by atoms with E-state index < -0.39 is 0 Å². The van der Waals surface area contributed by atoms with Gasteiger partial charge in [0.25, 0.3) is 0 Å². The second kappa shape index (κ2) is 6.07. The van der Waals surface area contributed by atoms with E-state index in [1.807, 2.05) is 6.07 Å². The van der Waals surface area contributed by atoms with Gasteiger partial charge in [-0.2, -0.15) is 0 Å². The highest BCUT2D eigenvalue weighted by atomic mass is 79.9. The summed E-state index contributed by atoms with van der Waals surface area (Å²) in [6.07, 6.45) is 0. The van der Waals surface area contributed by atoms with E-state index in [-0.39, 0.29) is 5.54 Å². The molecule has 0 aliphatic heterocycles. The van der Waals surface area contributed by atoms with E-state index in [0.717, 1.165) is 16.8 Å². The standard InChI is InChI=1S/C13H19BrClNO/c1-13(2,9-15)16(3)8-10-5-6-12(17-4)11(14)7-10/h5-7H,8-9H2,1-4H3. The van der Waals surface area contributed by atoms with Crippen LogP contribution in [0.5, 0.6) is 5.75 Å². The fraction of sp³-hybridized carbons (Fsp3) is 0.538. The minimum atomic E-state index is -0.00599. The Morgan fingerprint density at radius 2 is 2.06 bits per heavy atom. The second-order valence-electron chi connectivity index (χ2n) is 4.77. The van der Waals surface area contributed by atoms with Crippen LogP contribution in [0.15, 0.2) is 22.7 Å². The van der Waals surface area contributed by atoms with Crippen molar-refractivity contribution in [1.29, 1.82) is 0 Å². The maximum absolute atomic E-state index is 5.96. The van der Waals surface area contributed by atoms with Gasteiger partial charge < -0.3 is 4.74 Å².